The molecule has 0 amide bonds. The molecule has 0 spiro atoms. The molecule has 1 aromatic carbocycles. The number of ether oxygens (including phenoxy) is 1. The van der Waals surface area contributed by atoms with Crippen LogP contribution in [-0.4, -0.2) is 17.8 Å². The van der Waals surface area contributed by atoms with Crippen LogP contribution in [0.2, 0.25) is 0 Å². The molecule has 1 aromatic rings. The first kappa shape index (κ1) is 10.5. The summed E-state index contributed by atoms with van der Waals surface area (Å²) in [7, 11) is 1.69. The summed E-state index contributed by atoms with van der Waals surface area (Å²) in [6.07, 6.45) is 2.56. The van der Waals surface area contributed by atoms with E-state index in [1.54, 1.807) is 7.11 Å². The molecule has 1 aliphatic carbocycles. The molecule has 1 aliphatic rings. The number of rotatable bonds is 3. The number of hydrogen-bond donors (Lipinski definition) is 1. The van der Waals surface area contributed by atoms with E-state index in [0.29, 0.717) is 0 Å². The zero-order valence-electron chi connectivity index (χ0n) is 9.63. The zero-order valence-corrected chi connectivity index (χ0v) is 9.63. The molecule has 2 nitrogen and oxygen atoms in total. The van der Waals surface area contributed by atoms with Gasteiger partial charge in [-0.1, -0.05) is 6.07 Å². The predicted octanol–water partition coefficient (Wildman–Crippen LogP) is 2.38. The molecule has 0 radical (unpaired) electrons. The number of hydrogen-bond acceptors (Lipinski definition) is 2. The standard InChI is InChI=1S/C13H18O2/c1-9-6-10(2)11(12(7-9)15-3)8-13(14)4-5-13/h6-7,14H,4-5,8H2,1-3H3. The second-order valence-electron chi connectivity index (χ2n) is 4.66. The van der Waals surface area contributed by atoms with Crippen molar-refractivity contribution in [2.45, 2.75) is 38.7 Å². The Hall–Kier alpha value is -1.02. The molecule has 1 fully saturated rings. The molecule has 82 valence electrons. The summed E-state index contributed by atoms with van der Waals surface area (Å²) >= 11 is 0. The molecular formula is C13H18O2. The Bertz CT molecular complexity index is 378. The van der Waals surface area contributed by atoms with E-state index in [1.807, 2.05) is 6.07 Å². The van der Waals surface area contributed by atoms with Crippen molar-refractivity contribution in [3.8, 4) is 5.75 Å². The van der Waals surface area contributed by atoms with Gasteiger partial charge < -0.3 is 9.84 Å². The number of methoxy groups -OCH3 is 1. The molecule has 0 heterocycles. The van der Waals surface area contributed by atoms with Gasteiger partial charge in [0.25, 0.3) is 0 Å². The van der Waals surface area contributed by atoms with E-state index in [1.165, 1.54) is 11.1 Å². The van der Waals surface area contributed by atoms with Crippen molar-refractivity contribution in [2.24, 2.45) is 0 Å². The third-order valence-electron chi connectivity index (χ3n) is 3.13. The maximum Gasteiger partial charge on any atom is 0.122 e. The highest BCUT2D eigenvalue weighted by Crippen LogP contribution is 2.41. The minimum Gasteiger partial charge on any atom is -0.496 e. The monoisotopic (exact) mass is 206 g/mol. The van der Waals surface area contributed by atoms with Crippen molar-refractivity contribution in [1.82, 2.24) is 0 Å². The molecule has 0 bridgehead atoms. The molecule has 0 unspecified atom stereocenters. The Labute approximate surface area is 90.9 Å². The van der Waals surface area contributed by atoms with Crippen molar-refractivity contribution >= 4 is 0 Å². The molecule has 0 saturated heterocycles. The van der Waals surface area contributed by atoms with Crippen molar-refractivity contribution in [3.05, 3.63) is 28.8 Å². The SMILES string of the molecule is COc1cc(C)cc(C)c1CC1(O)CC1. The van der Waals surface area contributed by atoms with E-state index in [4.69, 9.17) is 4.74 Å². The average Bonchev–Trinajstić information content (AvgIpc) is 2.88. The van der Waals surface area contributed by atoms with Gasteiger partial charge >= 0.3 is 0 Å². The van der Waals surface area contributed by atoms with E-state index in [2.05, 4.69) is 19.9 Å². The van der Waals surface area contributed by atoms with Crippen LogP contribution in [0.15, 0.2) is 12.1 Å². The van der Waals surface area contributed by atoms with Crippen LogP contribution >= 0.6 is 0 Å². The minimum absolute atomic E-state index is 0.451. The lowest BCUT2D eigenvalue weighted by atomic mass is 9.98. The largest absolute Gasteiger partial charge is 0.496 e. The highest BCUT2D eigenvalue weighted by Gasteiger charge is 2.41. The molecule has 0 aliphatic heterocycles. The maximum atomic E-state index is 9.94. The molecule has 0 atom stereocenters. The fourth-order valence-electron chi connectivity index (χ4n) is 2.02. The van der Waals surface area contributed by atoms with Gasteiger partial charge in [-0.3, -0.25) is 0 Å². The lowest BCUT2D eigenvalue weighted by Crippen LogP contribution is -2.13. The van der Waals surface area contributed by atoms with Gasteiger partial charge in [0.05, 0.1) is 12.7 Å². The van der Waals surface area contributed by atoms with Crippen LogP contribution in [0.4, 0.5) is 0 Å². The molecule has 2 rings (SSSR count). The van der Waals surface area contributed by atoms with Gasteiger partial charge in [-0.2, -0.15) is 0 Å². The van der Waals surface area contributed by atoms with Gasteiger partial charge in [0, 0.05) is 6.42 Å². The second kappa shape index (κ2) is 3.53. The predicted molar refractivity (Wildman–Crippen MR) is 60.4 cm³/mol. The lowest BCUT2D eigenvalue weighted by Gasteiger charge is -2.15. The Morgan fingerprint density at radius 3 is 2.53 bits per heavy atom. The average molecular weight is 206 g/mol. The van der Waals surface area contributed by atoms with E-state index >= 15 is 0 Å². The minimum atomic E-state index is -0.451. The van der Waals surface area contributed by atoms with Crippen LogP contribution < -0.4 is 4.74 Å². The van der Waals surface area contributed by atoms with Crippen molar-refractivity contribution < 1.29 is 9.84 Å². The van der Waals surface area contributed by atoms with Crippen LogP contribution in [0, 0.1) is 13.8 Å². The van der Waals surface area contributed by atoms with Gasteiger partial charge in [0.1, 0.15) is 5.75 Å². The van der Waals surface area contributed by atoms with E-state index in [0.717, 1.165) is 30.6 Å². The van der Waals surface area contributed by atoms with Gasteiger partial charge in [0.2, 0.25) is 0 Å². The Morgan fingerprint density at radius 1 is 1.33 bits per heavy atom. The summed E-state index contributed by atoms with van der Waals surface area (Å²) in [5, 5.41) is 9.94. The number of aliphatic hydroxyl groups is 1. The van der Waals surface area contributed by atoms with Crippen LogP contribution in [0.5, 0.6) is 5.75 Å². The fraction of sp³-hybridized carbons (Fsp3) is 0.538. The van der Waals surface area contributed by atoms with Crippen LogP contribution in [0.25, 0.3) is 0 Å². The topological polar surface area (TPSA) is 29.5 Å². The summed E-state index contributed by atoms with van der Waals surface area (Å²) < 4.78 is 5.37. The van der Waals surface area contributed by atoms with Gasteiger partial charge in [-0.05, 0) is 49.4 Å². The Kier molecular flexibility index (Phi) is 2.47. The van der Waals surface area contributed by atoms with Gasteiger partial charge in [0.15, 0.2) is 0 Å². The highest BCUT2D eigenvalue weighted by atomic mass is 16.5. The number of aryl methyl sites for hydroxylation is 2. The number of benzene rings is 1. The molecular weight excluding hydrogens is 188 g/mol. The van der Waals surface area contributed by atoms with Crippen molar-refractivity contribution in [3.63, 3.8) is 0 Å². The summed E-state index contributed by atoms with van der Waals surface area (Å²) in [5.74, 6) is 0.910. The third-order valence-corrected chi connectivity index (χ3v) is 3.13. The summed E-state index contributed by atoms with van der Waals surface area (Å²) in [6.45, 7) is 4.14. The first-order chi connectivity index (χ1) is 7.04. The summed E-state index contributed by atoms with van der Waals surface area (Å²) in [4.78, 5) is 0. The smallest absolute Gasteiger partial charge is 0.122 e. The Balaban J connectivity index is 2.35. The zero-order chi connectivity index (χ0) is 11.1. The van der Waals surface area contributed by atoms with Gasteiger partial charge in [-0.25, -0.2) is 0 Å². The first-order valence-corrected chi connectivity index (χ1v) is 5.40. The highest BCUT2D eigenvalue weighted by molar-refractivity contribution is 5.44. The Morgan fingerprint density at radius 2 is 2.00 bits per heavy atom. The van der Waals surface area contributed by atoms with Crippen LogP contribution in [-0.2, 0) is 6.42 Å². The van der Waals surface area contributed by atoms with E-state index in [-0.39, 0.29) is 0 Å². The maximum absolute atomic E-state index is 9.94. The van der Waals surface area contributed by atoms with E-state index < -0.39 is 5.60 Å². The fourth-order valence-corrected chi connectivity index (χ4v) is 2.02. The summed E-state index contributed by atoms with van der Waals surface area (Å²) in [5.41, 5.74) is 3.12. The van der Waals surface area contributed by atoms with Crippen LogP contribution in [0.3, 0.4) is 0 Å². The quantitative estimate of drug-likeness (QED) is 0.822. The molecule has 15 heavy (non-hydrogen) atoms. The molecule has 1 N–H and O–H groups in total. The molecule has 1 saturated carbocycles. The second-order valence-corrected chi connectivity index (χ2v) is 4.66. The summed E-state index contributed by atoms with van der Waals surface area (Å²) in [6, 6.07) is 4.18. The molecule has 2 heteroatoms. The first-order valence-electron chi connectivity index (χ1n) is 5.40. The third kappa shape index (κ3) is 2.15. The van der Waals surface area contributed by atoms with E-state index in [9.17, 15) is 5.11 Å². The van der Waals surface area contributed by atoms with Crippen LogP contribution in [0.1, 0.15) is 29.5 Å². The molecule has 0 aromatic heterocycles. The van der Waals surface area contributed by atoms with Crippen molar-refractivity contribution in [2.75, 3.05) is 7.11 Å². The lowest BCUT2D eigenvalue weighted by molar-refractivity contribution is 0.149. The van der Waals surface area contributed by atoms with Crippen molar-refractivity contribution in [1.29, 1.82) is 0 Å². The van der Waals surface area contributed by atoms with Gasteiger partial charge in [-0.15, -0.1) is 0 Å². The normalized spacial score (nSPS) is 17.6.